The van der Waals surface area contributed by atoms with Crippen molar-refractivity contribution >= 4 is 33.4 Å². The maximum Gasteiger partial charge on any atom is 0.265 e. The van der Waals surface area contributed by atoms with Crippen molar-refractivity contribution in [3.05, 3.63) is 53.0 Å². The molecular formula is C18H17BrN2O4. The van der Waals surface area contributed by atoms with Gasteiger partial charge in [-0.3, -0.25) is 9.59 Å². The number of halogens is 1. The minimum absolute atomic E-state index is 0.158. The van der Waals surface area contributed by atoms with Crippen molar-refractivity contribution in [2.24, 2.45) is 0 Å². The Morgan fingerprint density at radius 2 is 1.68 bits per heavy atom. The maximum absolute atomic E-state index is 12.3. The topological polar surface area (TPSA) is 76.7 Å². The lowest BCUT2D eigenvalue weighted by Gasteiger charge is -2.30. The van der Waals surface area contributed by atoms with E-state index in [4.69, 9.17) is 9.47 Å². The zero-order chi connectivity index (χ0) is 17.8. The second kappa shape index (κ2) is 7.57. The van der Waals surface area contributed by atoms with E-state index in [-0.39, 0.29) is 12.5 Å². The van der Waals surface area contributed by atoms with E-state index in [9.17, 15) is 9.59 Å². The second-order valence-electron chi connectivity index (χ2n) is 5.55. The molecule has 7 heteroatoms. The molecule has 0 saturated carbocycles. The van der Waals surface area contributed by atoms with Gasteiger partial charge >= 0.3 is 0 Å². The van der Waals surface area contributed by atoms with Crippen LogP contribution in [0.3, 0.4) is 0 Å². The minimum Gasteiger partial charge on any atom is -0.482 e. The highest BCUT2D eigenvalue weighted by Crippen LogP contribution is 2.33. The standard InChI is InChI=1S/C18H17BrN2O4/c1-11-17(25-15-9-5-4-8-14(15)24-11)18(23)20-10-16(22)21-13-7-3-2-6-12(13)19/h2-9,11,17H,10H2,1H3,(H,20,23)(H,21,22). The van der Waals surface area contributed by atoms with Crippen molar-refractivity contribution in [3.63, 3.8) is 0 Å². The Hall–Kier alpha value is -2.54. The van der Waals surface area contributed by atoms with Gasteiger partial charge in [-0.1, -0.05) is 24.3 Å². The number of rotatable bonds is 4. The Balaban J connectivity index is 1.56. The number of amides is 2. The molecule has 2 amide bonds. The van der Waals surface area contributed by atoms with Crippen LogP contribution in [0.15, 0.2) is 53.0 Å². The fourth-order valence-electron chi connectivity index (χ4n) is 2.43. The molecule has 6 nitrogen and oxygen atoms in total. The smallest absolute Gasteiger partial charge is 0.265 e. The largest absolute Gasteiger partial charge is 0.482 e. The monoisotopic (exact) mass is 404 g/mol. The summed E-state index contributed by atoms with van der Waals surface area (Å²) in [5.74, 6) is 0.387. The molecule has 3 rings (SSSR count). The summed E-state index contributed by atoms with van der Waals surface area (Å²) in [6, 6.07) is 14.4. The number of hydrogen-bond donors (Lipinski definition) is 2. The van der Waals surface area contributed by atoms with Crippen molar-refractivity contribution in [2.45, 2.75) is 19.1 Å². The zero-order valence-electron chi connectivity index (χ0n) is 13.5. The number of ether oxygens (including phenoxy) is 2. The van der Waals surface area contributed by atoms with E-state index < -0.39 is 18.1 Å². The zero-order valence-corrected chi connectivity index (χ0v) is 15.1. The highest BCUT2D eigenvalue weighted by atomic mass is 79.9. The first kappa shape index (κ1) is 17.3. The Morgan fingerprint density at radius 1 is 1.04 bits per heavy atom. The maximum atomic E-state index is 12.3. The fourth-order valence-corrected chi connectivity index (χ4v) is 2.82. The average molecular weight is 405 g/mol. The number of carbonyl (C=O) groups excluding carboxylic acids is 2. The molecule has 0 spiro atoms. The lowest BCUT2D eigenvalue weighted by molar-refractivity contribution is -0.134. The molecule has 1 heterocycles. The lowest BCUT2D eigenvalue weighted by Crippen LogP contribution is -2.50. The van der Waals surface area contributed by atoms with Crippen LogP contribution in [-0.4, -0.2) is 30.6 Å². The first-order valence-corrected chi connectivity index (χ1v) is 8.58. The molecule has 0 aliphatic carbocycles. The Bertz CT molecular complexity index is 796. The van der Waals surface area contributed by atoms with Crippen LogP contribution in [0.5, 0.6) is 11.5 Å². The van der Waals surface area contributed by atoms with Gasteiger partial charge in [0.2, 0.25) is 12.0 Å². The van der Waals surface area contributed by atoms with Gasteiger partial charge in [-0.15, -0.1) is 0 Å². The molecule has 1 aliphatic heterocycles. The number of carbonyl (C=O) groups is 2. The third-order valence-electron chi connectivity index (χ3n) is 3.67. The van der Waals surface area contributed by atoms with Gasteiger partial charge in [0.25, 0.3) is 5.91 Å². The van der Waals surface area contributed by atoms with E-state index in [0.717, 1.165) is 4.47 Å². The Kier molecular flexibility index (Phi) is 5.23. The van der Waals surface area contributed by atoms with Crippen molar-refractivity contribution < 1.29 is 19.1 Å². The summed E-state index contributed by atoms with van der Waals surface area (Å²) >= 11 is 3.35. The molecule has 0 saturated heterocycles. The number of nitrogens with one attached hydrogen (secondary N) is 2. The van der Waals surface area contributed by atoms with Crippen molar-refractivity contribution in [1.29, 1.82) is 0 Å². The van der Waals surface area contributed by atoms with E-state index in [1.165, 1.54) is 0 Å². The second-order valence-corrected chi connectivity index (χ2v) is 6.41. The predicted octanol–water partition coefficient (Wildman–Crippen LogP) is 2.73. The third-order valence-corrected chi connectivity index (χ3v) is 4.36. The van der Waals surface area contributed by atoms with Crippen LogP contribution < -0.4 is 20.1 Å². The van der Waals surface area contributed by atoms with Crippen molar-refractivity contribution in [1.82, 2.24) is 5.32 Å². The molecule has 0 fully saturated rings. The molecule has 0 aromatic heterocycles. The van der Waals surface area contributed by atoms with Crippen LogP contribution in [0, 0.1) is 0 Å². The van der Waals surface area contributed by atoms with Crippen LogP contribution in [0.25, 0.3) is 0 Å². The summed E-state index contributed by atoms with van der Waals surface area (Å²) in [5, 5.41) is 5.30. The molecule has 2 atom stereocenters. The summed E-state index contributed by atoms with van der Waals surface area (Å²) < 4.78 is 12.2. The molecular weight excluding hydrogens is 388 g/mol. The summed E-state index contributed by atoms with van der Waals surface area (Å²) in [6.45, 7) is 1.59. The Morgan fingerprint density at radius 3 is 2.40 bits per heavy atom. The SMILES string of the molecule is CC1Oc2ccccc2OC1C(=O)NCC(=O)Nc1ccccc1Br. The van der Waals surface area contributed by atoms with Gasteiger partial charge in [-0.05, 0) is 47.1 Å². The predicted molar refractivity (Wildman–Crippen MR) is 96.7 cm³/mol. The summed E-state index contributed by atoms with van der Waals surface area (Å²) in [7, 11) is 0. The number of fused-ring (bicyclic) bond motifs is 1. The highest BCUT2D eigenvalue weighted by Gasteiger charge is 2.34. The number of anilines is 1. The summed E-state index contributed by atoms with van der Waals surface area (Å²) in [4.78, 5) is 24.3. The molecule has 2 unspecified atom stereocenters. The van der Waals surface area contributed by atoms with Crippen LogP contribution in [0.1, 0.15) is 6.92 Å². The molecule has 0 radical (unpaired) electrons. The van der Waals surface area contributed by atoms with Gasteiger partial charge in [0.1, 0.15) is 6.10 Å². The highest BCUT2D eigenvalue weighted by molar-refractivity contribution is 9.10. The molecule has 2 aromatic rings. The molecule has 130 valence electrons. The summed E-state index contributed by atoms with van der Waals surface area (Å²) in [6.07, 6.45) is -1.27. The van der Waals surface area contributed by atoms with Gasteiger partial charge in [0, 0.05) is 4.47 Å². The van der Waals surface area contributed by atoms with Gasteiger partial charge in [-0.25, -0.2) is 0 Å². The first-order chi connectivity index (χ1) is 12.0. The van der Waals surface area contributed by atoms with Crippen molar-refractivity contribution in [2.75, 3.05) is 11.9 Å². The number of benzene rings is 2. The van der Waals surface area contributed by atoms with Gasteiger partial charge < -0.3 is 20.1 Å². The normalized spacial score (nSPS) is 18.3. The van der Waals surface area contributed by atoms with Gasteiger partial charge in [-0.2, -0.15) is 0 Å². The molecule has 2 N–H and O–H groups in total. The van der Waals surface area contributed by atoms with E-state index in [1.807, 2.05) is 24.3 Å². The number of para-hydroxylation sites is 3. The van der Waals surface area contributed by atoms with Crippen LogP contribution in [0.4, 0.5) is 5.69 Å². The van der Waals surface area contributed by atoms with Crippen molar-refractivity contribution in [3.8, 4) is 11.5 Å². The van der Waals surface area contributed by atoms with Crippen LogP contribution in [-0.2, 0) is 9.59 Å². The summed E-state index contributed by atoms with van der Waals surface area (Å²) in [5.41, 5.74) is 0.640. The van der Waals surface area contributed by atoms with E-state index in [1.54, 1.807) is 31.2 Å². The quantitative estimate of drug-likeness (QED) is 0.821. The molecule has 0 bridgehead atoms. The van der Waals surface area contributed by atoms with Gasteiger partial charge in [0.15, 0.2) is 11.5 Å². The van der Waals surface area contributed by atoms with Gasteiger partial charge in [0.05, 0.1) is 12.2 Å². The molecule has 1 aliphatic rings. The molecule has 2 aromatic carbocycles. The van der Waals surface area contributed by atoms with E-state index in [0.29, 0.717) is 17.2 Å². The average Bonchev–Trinajstić information content (AvgIpc) is 2.61. The van der Waals surface area contributed by atoms with E-state index >= 15 is 0 Å². The van der Waals surface area contributed by atoms with Crippen LogP contribution in [0.2, 0.25) is 0 Å². The third kappa shape index (κ3) is 4.11. The first-order valence-electron chi connectivity index (χ1n) is 7.79. The van der Waals surface area contributed by atoms with E-state index in [2.05, 4.69) is 26.6 Å². The van der Waals surface area contributed by atoms with Crippen LogP contribution >= 0.6 is 15.9 Å². The lowest BCUT2D eigenvalue weighted by atomic mass is 10.1. The minimum atomic E-state index is -0.814. The number of hydrogen-bond acceptors (Lipinski definition) is 4. The molecule has 25 heavy (non-hydrogen) atoms. The fraction of sp³-hybridized carbons (Fsp3) is 0.222. The Labute approximate surface area is 153 Å².